The summed E-state index contributed by atoms with van der Waals surface area (Å²) < 4.78 is 12.8. The maximum Gasteiger partial charge on any atom is 0.215 e. The minimum atomic E-state index is -1.35. The minimum absolute atomic E-state index is 0.413. The Bertz CT molecular complexity index is 396. The van der Waals surface area contributed by atoms with Crippen LogP contribution in [0.25, 0.3) is 0 Å². The minimum Gasteiger partial charge on any atom is -0.227 e. The molecule has 0 atom stereocenters. The summed E-state index contributed by atoms with van der Waals surface area (Å²) in [5, 5.41) is 0. The van der Waals surface area contributed by atoms with E-state index in [0.717, 1.165) is 5.56 Å². The summed E-state index contributed by atoms with van der Waals surface area (Å²) in [6.45, 7) is 8.21. The summed E-state index contributed by atoms with van der Waals surface area (Å²) in [5.41, 5.74) is 4.56. The zero-order valence-corrected chi connectivity index (χ0v) is 9.98. The number of rotatable bonds is 0. The molecule has 3 heteroatoms. The van der Waals surface area contributed by atoms with Crippen molar-refractivity contribution in [3.05, 3.63) is 29.3 Å². The third-order valence-corrected chi connectivity index (χ3v) is 2.47. The molecule has 1 aromatic heterocycles. The van der Waals surface area contributed by atoms with Gasteiger partial charge >= 0.3 is 0 Å². The number of hydrogen-bond acceptors (Lipinski definition) is 1. The number of pyridine rings is 1. The van der Waals surface area contributed by atoms with Crippen molar-refractivity contribution in [1.29, 1.82) is 0 Å². The molecule has 14 heavy (non-hydrogen) atoms. The van der Waals surface area contributed by atoms with Gasteiger partial charge in [-0.3, -0.25) is 0 Å². The summed E-state index contributed by atoms with van der Waals surface area (Å²) in [6.07, 6.45) is 1.48. The van der Waals surface area contributed by atoms with Gasteiger partial charge in [0.2, 0.25) is 5.95 Å². The molecule has 0 aliphatic heterocycles. The van der Waals surface area contributed by atoms with E-state index in [0.29, 0.717) is 5.56 Å². The molecular weight excluding hydrogens is 193 g/mol. The van der Waals surface area contributed by atoms with Crippen molar-refractivity contribution in [2.24, 2.45) is 0 Å². The Balaban J connectivity index is 2.98. The van der Waals surface area contributed by atoms with Gasteiger partial charge in [0, 0.05) is 17.3 Å². The van der Waals surface area contributed by atoms with Crippen molar-refractivity contribution in [1.82, 2.24) is 4.98 Å². The smallest absolute Gasteiger partial charge is 0.215 e. The highest BCUT2D eigenvalue weighted by atomic mass is 28.3. The predicted octanol–water partition coefficient (Wildman–Crippen LogP) is 2.76. The van der Waals surface area contributed by atoms with Crippen LogP contribution in [0.15, 0.2) is 12.3 Å². The first-order valence-electron chi connectivity index (χ1n) is 4.54. The zero-order chi connectivity index (χ0) is 10.8. The van der Waals surface area contributed by atoms with E-state index in [4.69, 9.17) is 0 Å². The lowest BCUT2D eigenvalue weighted by molar-refractivity contribution is 0.574. The topological polar surface area (TPSA) is 12.9 Å². The molecule has 0 N–H and O–H groups in total. The van der Waals surface area contributed by atoms with E-state index in [9.17, 15) is 4.39 Å². The lowest BCUT2D eigenvalue weighted by atomic mass is 10.2. The molecule has 1 aromatic rings. The normalized spacial score (nSPS) is 10.6. The first kappa shape index (κ1) is 10.9. The molecule has 0 unspecified atom stereocenters. The van der Waals surface area contributed by atoms with E-state index in [-0.39, 0.29) is 0 Å². The van der Waals surface area contributed by atoms with Crippen LogP contribution >= 0.6 is 0 Å². The van der Waals surface area contributed by atoms with Crippen molar-refractivity contribution < 1.29 is 4.39 Å². The Labute approximate surface area is 85.4 Å². The molecule has 0 fully saturated rings. The highest BCUT2D eigenvalue weighted by Gasteiger charge is 2.07. The Kier molecular flexibility index (Phi) is 3.07. The van der Waals surface area contributed by atoms with Crippen LogP contribution in [-0.2, 0) is 0 Å². The molecule has 1 heterocycles. The molecule has 0 aliphatic rings. The van der Waals surface area contributed by atoms with Crippen LogP contribution in [0.2, 0.25) is 19.6 Å². The summed E-state index contributed by atoms with van der Waals surface area (Å²) in [7, 11) is -1.35. The average molecular weight is 207 g/mol. The molecule has 0 radical (unpaired) electrons. The number of hydrogen-bond donors (Lipinski definition) is 0. The van der Waals surface area contributed by atoms with E-state index in [1.165, 1.54) is 6.20 Å². The Morgan fingerprint density at radius 1 is 1.36 bits per heavy atom. The van der Waals surface area contributed by atoms with Crippen LogP contribution < -0.4 is 0 Å². The molecule has 0 bridgehead atoms. The number of aryl methyl sites for hydroxylation is 1. The standard InChI is InChI=1S/C11H14FNSi/c1-9-7-10(8-13-11(9)12)5-6-14(2,3)4/h7-8H,1-4H3. The third-order valence-electron chi connectivity index (χ3n) is 1.60. The summed E-state index contributed by atoms with van der Waals surface area (Å²) in [5.74, 6) is 2.62. The zero-order valence-electron chi connectivity index (χ0n) is 8.98. The van der Waals surface area contributed by atoms with Gasteiger partial charge in [-0.1, -0.05) is 25.6 Å². The van der Waals surface area contributed by atoms with Crippen LogP contribution in [0, 0.1) is 24.3 Å². The van der Waals surface area contributed by atoms with Gasteiger partial charge < -0.3 is 0 Å². The van der Waals surface area contributed by atoms with E-state index >= 15 is 0 Å². The van der Waals surface area contributed by atoms with E-state index in [1.54, 1.807) is 13.0 Å². The first-order valence-corrected chi connectivity index (χ1v) is 8.04. The fraction of sp³-hybridized carbons (Fsp3) is 0.364. The highest BCUT2D eigenvalue weighted by molar-refractivity contribution is 6.83. The van der Waals surface area contributed by atoms with Gasteiger partial charge in [0.25, 0.3) is 0 Å². The average Bonchev–Trinajstić information content (AvgIpc) is 2.06. The van der Waals surface area contributed by atoms with Gasteiger partial charge in [0.15, 0.2) is 0 Å². The summed E-state index contributed by atoms with van der Waals surface area (Å²) in [6, 6.07) is 1.73. The van der Waals surface area contributed by atoms with Crippen molar-refractivity contribution in [3.8, 4) is 11.5 Å². The van der Waals surface area contributed by atoms with Gasteiger partial charge in [-0.05, 0) is 13.0 Å². The number of halogens is 1. The maximum absolute atomic E-state index is 12.8. The summed E-state index contributed by atoms with van der Waals surface area (Å²) in [4.78, 5) is 3.63. The van der Waals surface area contributed by atoms with Gasteiger partial charge in [-0.15, -0.1) is 5.54 Å². The molecule has 74 valence electrons. The fourth-order valence-corrected chi connectivity index (χ4v) is 1.41. The Morgan fingerprint density at radius 2 is 2.00 bits per heavy atom. The molecule has 0 saturated heterocycles. The quantitative estimate of drug-likeness (QED) is 0.362. The summed E-state index contributed by atoms with van der Waals surface area (Å²) >= 11 is 0. The lowest BCUT2D eigenvalue weighted by Crippen LogP contribution is -2.16. The highest BCUT2D eigenvalue weighted by Crippen LogP contribution is 2.05. The third kappa shape index (κ3) is 3.31. The number of nitrogens with zero attached hydrogens (tertiary/aromatic N) is 1. The van der Waals surface area contributed by atoms with Crippen molar-refractivity contribution >= 4 is 8.07 Å². The lowest BCUT2D eigenvalue weighted by Gasteiger charge is -2.03. The van der Waals surface area contributed by atoms with Crippen molar-refractivity contribution in [2.75, 3.05) is 0 Å². The van der Waals surface area contributed by atoms with Crippen LogP contribution in [0.5, 0.6) is 0 Å². The molecular formula is C11H14FNSi. The molecule has 1 nitrogen and oxygen atoms in total. The fourth-order valence-electron chi connectivity index (χ4n) is 0.886. The Hall–Kier alpha value is -1.14. The first-order chi connectivity index (χ1) is 6.38. The molecule has 0 amide bonds. The largest absolute Gasteiger partial charge is 0.227 e. The van der Waals surface area contributed by atoms with Crippen LogP contribution in [0.4, 0.5) is 4.39 Å². The second kappa shape index (κ2) is 3.93. The van der Waals surface area contributed by atoms with Crippen LogP contribution in [-0.4, -0.2) is 13.1 Å². The second-order valence-corrected chi connectivity index (χ2v) is 9.08. The van der Waals surface area contributed by atoms with E-state index in [2.05, 4.69) is 36.1 Å². The molecule has 0 aliphatic carbocycles. The second-order valence-electron chi connectivity index (χ2n) is 4.33. The number of aromatic nitrogens is 1. The molecule has 1 rings (SSSR count). The van der Waals surface area contributed by atoms with E-state index in [1.807, 2.05) is 0 Å². The monoisotopic (exact) mass is 207 g/mol. The van der Waals surface area contributed by atoms with Gasteiger partial charge in [0.05, 0.1) is 0 Å². The van der Waals surface area contributed by atoms with Crippen molar-refractivity contribution in [3.63, 3.8) is 0 Å². The molecule has 0 spiro atoms. The van der Waals surface area contributed by atoms with Crippen LogP contribution in [0.3, 0.4) is 0 Å². The SMILES string of the molecule is Cc1cc(C#C[Si](C)(C)C)cnc1F. The van der Waals surface area contributed by atoms with Crippen molar-refractivity contribution in [2.45, 2.75) is 26.6 Å². The maximum atomic E-state index is 12.8. The molecule has 0 saturated carbocycles. The van der Waals surface area contributed by atoms with Gasteiger partial charge in [-0.2, -0.15) is 4.39 Å². The van der Waals surface area contributed by atoms with Gasteiger partial charge in [0.1, 0.15) is 8.07 Å². The van der Waals surface area contributed by atoms with Crippen LogP contribution in [0.1, 0.15) is 11.1 Å². The van der Waals surface area contributed by atoms with E-state index < -0.39 is 14.0 Å². The van der Waals surface area contributed by atoms with Gasteiger partial charge in [-0.25, -0.2) is 4.98 Å². The Morgan fingerprint density at radius 3 is 2.50 bits per heavy atom. The molecule has 0 aromatic carbocycles. The predicted molar refractivity (Wildman–Crippen MR) is 59.2 cm³/mol.